The van der Waals surface area contributed by atoms with Gasteiger partial charge in [-0.15, -0.1) is 6.58 Å². The van der Waals surface area contributed by atoms with Crippen LogP contribution in [0.4, 0.5) is 0 Å². The van der Waals surface area contributed by atoms with Gasteiger partial charge in [0.2, 0.25) is 0 Å². The van der Waals surface area contributed by atoms with E-state index in [1.54, 1.807) is 18.2 Å². The van der Waals surface area contributed by atoms with Crippen molar-refractivity contribution in [2.75, 3.05) is 13.1 Å². The van der Waals surface area contributed by atoms with Crippen molar-refractivity contribution < 1.29 is 54.6 Å². The number of phenols is 1. The van der Waals surface area contributed by atoms with Crippen LogP contribution in [0.5, 0.6) is 11.5 Å². The number of rotatable bonds is 6. The number of aliphatic hydroxyl groups is 3. The number of amides is 2. The summed E-state index contributed by atoms with van der Waals surface area (Å²) in [5, 5.41) is 56.1. The summed E-state index contributed by atoms with van der Waals surface area (Å²) in [5.41, 5.74) is 0.569. The van der Waals surface area contributed by atoms with Crippen LogP contribution in [0.3, 0.4) is 0 Å². The highest BCUT2D eigenvalue weighted by atomic mass is 35.5. The lowest BCUT2D eigenvalue weighted by atomic mass is 9.48. The molecule has 5 aliphatic rings. The molecule has 2 unspecified atom stereocenters. The SMILES string of the molecule is C=CCN1CC[C@]23c4c5ccc(O)c4O[C@H]2[C@H](N2C(=O)c4ccc(Cl)cc4C2=O)CC[C@@]3(O)[C@H]1C5.O=C(O)C(O)C(O)C(=O)O. The Hall–Kier alpha value is -4.01. The molecule has 3 aliphatic heterocycles. The average Bonchev–Trinajstić information content (AvgIpc) is 3.47. The van der Waals surface area contributed by atoms with E-state index >= 15 is 0 Å². The second-order valence-corrected chi connectivity index (χ2v) is 12.4. The van der Waals surface area contributed by atoms with Crippen LogP contribution < -0.4 is 4.74 Å². The summed E-state index contributed by atoms with van der Waals surface area (Å²) in [7, 11) is 0. The summed E-state index contributed by atoms with van der Waals surface area (Å²) < 4.78 is 6.49. The van der Waals surface area contributed by atoms with E-state index in [-0.39, 0.29) is 23.6 Å². The van der Waals surface area contributed by atoms with Gasteiger partial charge in [0, 0.05) is 23.2 Å². The van der Waals surface area contributed by atoms with Crippen LogP contribution in [-0.4, -0.2) is 113 Å². The van der Waals surface area contributed by atoms with Gasteiger partial charge in [-0.1, -0.05) is 23.7 Å². The molecule has 2 fully saturated rings. The molecule has 7 rings (SSSR count). The van der Waals surface area contributed by atoms with Crippen LogP contribution >= 0.6 is 11.6 Å². The Morgan fingerprint density at radius 1 is 1.07 bits per heavy atom. The molecule has 238 valence electrons. The number of ether oxygens (including phenoxy) is 1. The van der Waals surface area contributed by atoms with E-state index in [0.29, 0.717) is 54.1 Å². The van der Waals surface area contributed by atoms with Crippen molar-refractivity contribution >= 4 is 35.4 Å². The fourth-order valence-corrected chi connectivity index (χ4v) is 8.23. The number of benzene rings is 2. The summed E-state index contributed by atoms with van der Waals surface area (Å²) >= 11 is 6.13. The number of carbonyl (C=O) groups is 4. The van der Waals surface area contributed by atoms with Crippen LogP contribution in [0.2, 0.25) is 5.02 Å². The number of imide groups is 1. The molecule has 14 heteroatoms. The van der Waals surface area contributed by atoms with Crippen molar-refractivity contribution in [1.82, 2.24) is 9.80 Å². The standard InChI is InChI=1S/C27H25ClN2O5.C4H6O6/c1-2-10-29-11-9-26-21-14-3-6-19(31)22(21)35-23(26)18(7-8-27(26,34)20(29)12-14)30-24(32)16-5-4-15(28)13-17(16)25(30)33;5-1(3(7)8)2(6)4(9)10/h2-6,13,18,20,23,31,34H,1,7-12H2;1-2,5-6H,(H,7,8)(H,9,10)/t18-,20-,23+,26+,27-;/m1./s1. The molecule has 1 spiro atoms. The lowest BCUT2D eigenvalue weighted by molar-refractivity contribution is -0.194. The molecule has 2 aliphatic carbocycles. The fourth-order valence-electron chi connectivity index (χ4n) is 8.06. The van der Waals surface area contributed by atoms with Gasteiger partial charge in [-0.2, -0.15) is 0 Å². The average molecular weight is 643 g/mol. The van der Waals surface area contributed by atoms with Crippen molar-refractivity contribution in [1.29, 1.82) is 0 Å². The zero-order chi connectivity index (χ0) is 32.6. The van der Waals surface area contributed by atoms with Crippen molar-refractivity contribution in [3.63, 3.8) is 0 Å². The summed E-state index contributed by atoms with van der Waals surface area (Å²) in [6.07, 6.45) is -1.28. The first-order valence-corrected chi connectivity index (χ1v) is 14.7. The Labute approximate surface area is 261 Å². The van der Waals surface area contributed by atoms with Crippen molar-refractivity contribution in [2.45, 2.75) is 67.1 Å². The molecule has 2 bridgehead atoms. The third kappa shape index (κ3) is 4.29. The predicted octanol–water partition coefficient (Wildman–Crippen LogP) is 0.928. The zero-order valence-corrected chi connectivity index (χ0v) is 24.6. The van der Waals surface area contributed by atoms with Gasteiger partial charge in [0.15, 0.2) is 23.7 Å². The third-order valence-electron chi connectivity index (χ3n) is 9.92. The number of likely N-dealkylation sites (tertiary alicyclic amines) is 1. The van der Waals surface area contributed by atoms with Crippen LogP contribution in [0.1, 0.15) is 51.1 Å². The van der Waals surface area contributed by atoms with Crippen LogP contribution in [0, 0.1) is 0 Å². The Balaban J connectivity index is 0.000000311. The third-order valence-corrected chi connectivity index (χ3v) is 10.2. The van der Waals surface area contributed by atoms with Crippen LogP contribution in [0.15, 0.2) is 43.0 Å². The van der Waals surface area contributed by atoms with E-state index in [9.17, 15) is 29.4 Å². The number of nitrogens with zero attached hydrogens (tertiary/aromatic N) is 2. The van der Waals surface area contributed by atoms with Crippen molar-refractivity contribution in [2.24, 2.45) is 0 Å². The highest BCUT2D eigenvalue weighted by Gasteiger charge is 2.74. The molecule has 6 N–H and O–H groups in total. The normalized spacial score (nSPS) is 30.3. The van der Waals surface area contributed by atoms with E-state index in [1.807, 2.05) is 12.1 Å². The number of carboxylic acid groups (broad SMARTS) is 2. The number of aliphatic carboxylic acids is 2. The number of phenolic OH excluding ortho intramolecular Hbond substituents is 1. The van der Waals surface area contributed by atoms with E-state index in [2.05, 4.69) is 11.5 Å². The number of aromatic hydroxyl groups is 1. The summed E-state index contributed by atoms with van der Waals surface area (Å²) in [6.45, 7) is 5.29. The zero-order valence-electron chi connectivity index (χ0n) is 23.8. The molecular formula is C31H31ClN2O11. The minimum atomic E-state index is -2.27. The first-order valence-electron chi connectivity index (χ1n) is 14.4. The largest absolute Gasteiger partial charge is 0.504 e. The first-order chi connectivity index (χ1) is 21.3. The second kappa shape index (κ2) is 10.8. The molecule has 45 heavy (non-hydrogen) atoms. The van der Waals surface area contributed by atoms with Gasteiger partial charge in [0.1, 0.15) is 6.10 Å². The van der Waals surface area contributed by atoms with Gasteiger partial charge < -0.3 is 35.4 Å². The van der Waals surface area contributed by atoms with Gasteiger partial charge in [-0.3, -0.25) is 19.4 Å². The van der Waals surface area contributed by atoms with E-state index in [4.69, 9.17) is 36.8 Å². The Morgan fingerprint density at radius 2 is 1.73 bits per heavy atom. The number of piperidine rings is 1. The molecule has 1 saturated carbocycles. The van der Waals surface area contributed by atoms with Crippen LogP contribution in [-0.2, 0) is 21.4 Å². The topological polar surface area (TPSA) is 205 Å². The van der Waals surface area contributed by atoms with E-state index in [1.165, 1.54) is 11.0 Å². The minimum absolute atomic E-state index is 0.0229. The fraction of sp³-hybridized carbons (Fsp3) is 0.419. The highest BCUT2D eigenvalue weighted by molar-refractivity contribution is 6.32. The number of carbonyl (C=O) groups excluding carboxylic acids is 2. The van der Waals surface area contributed by atoms with Crippen molar-refractivity contribution in [3.05, 3.63) is 70.3 Å². The number of halogens is 1. The Kier molecular flexibility index (Phi) is 7.45. The molecule has 7 atom stereocenters. The van der Waals surface area contributed by atoms with Crippen LogP contribution in [0.25, 0.3) is 0 Å². The van der Waals surface area contributed by atoms with Gasteiger partial charge in [-0.05, 0) is 62.1 Å². The maximum absolute atomic E-state index is 13.5. The predicted molar refractivity (Wildman–Crippen MR) is 155 cm³/mol. The van der Waals surface area contributed by atoms with Gasteiger partial charge >= 0.3 is 11.9 Å². The molecule has 2 aromatic rings. The lowest BCUT2D eigenvalue weighted by Gasteiger charge is -2.64. The Morgan fingerprint density at radius 3 is 2.38 bits per heavy atom. The van der Waals surface area contributed by atoms with Gasteiger partial charge in [0.05, 0.1) is 28.2 Å². The summed E-state index contributed by atoms with van der Waals surface area (Å²) in [4.78, 5) is 50.1. The number of fused-ring (bicyclic) bond motifs is 1. The molecule has 2 aromatic carbocycles. The Bertz CT molecular complexity index is 1630. The van der Waals surface area contributed by atoms with Gasteiger partial charge in [0.25, 0.3) is 11.8 Å². The van der Waals surface area contributed by atoms with E-state index < -0.39 is 47.3 Å². The summed E-state index contributed by atoms with van der Waals surface area (Å²) in [5.74, 6) is -3.89. The smallest absolute Gasteiger partial charge is 0.335 e. The molecule has 3 heterocycles. The molecular weight excluding hydrogens is 612 g/mol. The minimum Gasteiger partial charge on any atom is -0.504 e. The highest BCUT2D eigenvalue weighted by Crippen LogP contribution is 2.66. The van der Waals surface area contributed by atoms with E-state index in [0.717, 1.165) is 17.7 Å². The molecule has 0 radical (unpaired) electrons. The number of carboxylic acids is 2. The number of hydrogen-bond acceptors (Lipinski definition) is 10. The van der Waals surface area contributed by atoms with Gasteiger partial charge in [-0.25, -0.2) is 9.59 Å². The second-order valence-electron chi connectivity index (χ2n) is 12.0. The maximum Gasteiger partial charge on any atom is 0.335 e. The van der Waals surface area contributed by atoms with Crippen molar-refractivity contribution in [3.8, 4) is 11.5 Å². The first kappa shape index (κ1) is 31.0. The number of hydrogen-bond donors (Lipinski definition) is 6. The molecule has 13 nitrogen and oxygen atoms in total. The quantitative estimate of drug-likeness (QED) is 0.192. The molecule has 0 aromatic heterocycles. The molecule has 2 amide bonds. The monoisotopic (exact) mass is 642 g/mol. The number of aliphatic hydroxyl groups excluding tert-OH is 2. The maximum atomic E-state index is 13.5. The lowest BCUT2D eigenvalue weighted by Crippen LogP contribution is -2.78. The summed E-state index contributed by atoms with van der Waals surface area (Å²) in [6, 6.07) is 7.57. The molecule has 1 saturated heterocycles.